The number of hydrogen-bond donors (Lipinski definition) is 0. The molecule has 0 saturated carbocycles. The van der Waals surface area contributed by atoms with Gasteiger partial charge >= 0.3 is 0 Å². The highest BCUT2D eigenvalue weighted by Gasteiger charge is 1.80. The molecule has 0 spiro atoms. The lowest BCUT2D eigenvalue weighted by Gasteiger charge is -2.03. The zero-order chi connectivity index (χ0) is 4.99. The lowest BCUT2D eigenvalue weighted by molar-refractivity contribution is 0.418. The van der Waals surface area contributed by atoms with E-state index >= 15 is 0 Å². The zero-order valence-electron chi connectivity index (χ0n) is 4.36. The van der Waals surface area contributed by atoms with Gasteiger partial charge in [-0.25, -0.2) is 0 Å². The number of hydrogen-bond acceptors (Lipinski definition) is 1. The van der Waals surface area contributed by atoms with Crippen molar-refractivity contribution in [3.05, 3.63) is 0 Å². The Morgan fingerprint density at radius 1 is 1.50 bits per heavy atom. The fourth-order valence-electron chi connectivity index (χ4n) is 0.224. The van der Waals surface area contributed by atoms with Crippen molar-refractivity contribution in [2.75, 3.05) is 27.2 Å². The van der Waals surface area contributed by atoms with Gasteiger partial charge in [0.2, 0.25) is 0 Å². The van der Waals surface area contributed by atoms with Crippen molar-refractivity contribution in [2.45, 2.75) is 0 Å². The number of nitrogens with one attached hydrogen (secondary N) is 1. The molecule has 2 nitrogen and oxygen atoms in total. The Hall–Kier alpha value is -0.0800. The molecule has 0 heterocycles. The first kappa shape index (κ1) is 5.92. The van der Waals surface area contributed by atoms with Crippen LogP contribution in [-0.2, 0) is 0 Å². The van der Waals surface area contributed by atoms with Gasteiger partial charge in [0.1, 0.15) is 0 Å². The van der Waals surface area contributed by atoms with Crippen molar-refractivity contribution in [1.82, 2.24) is 10.6 Å². The third kappa shape index (κ3) is 3.92. The molecule has 0 unspecified atom stereocenters. The molecule has 0 aliphatic rings. The Balaban J connectivity index is 2.63. The molecule has 2 heteroatoms. The van der Waals surface area contributed by atoms with E-state index in [0.29, 0.717) is 6.54 Å². The van der Waals surface area contributed by atoms with E-state index in [-0.39, 0.29) is 0 Å². The second kappa shape index (κ2) is 3.12. The lowest BCUT2D eigenvalue weighted by atomic mass is 10.6. The minimum atomic E-state index is 0.507. The average molecular weight is 87.1 g/mol. The van der Waals surface area contributed by atoms with Gasteiger partial charge in [0.25, 0.3) is 0 Å². The Labute approximate surface area is 38.9 Å². The minimum absolute atomic E-state index is 0.507. The second-order valence-electron chi connectivity index (χ2n) is 1.55. The maximum absolute atomic E-state index is 6.69. The van der Waals surface area contributed by atoms with E-state index in [1.54, 1.807) is 0 Å². The molecule has 0 amide bonds. The van der Waals surface area contributed by atoms with Crippen LogP contribution in [0.1, 0.15) is 0 Å². The molecule has 0 aliphatic carbocycles. The first-order valence-corrected chi connectivity index (χ1v) is 2.06. The lowest BCUT2D eigenvalue weighted by Crippen LogP contribution is -2.16. The number of rotatable bonds is 2. The summed E-state index contributed by atoms with van der Waals surface area (Å²) >= 11 is 0. The summed E-state index contributed by atoms with van der Waals surface area (Å²) in [6, 6.07) is 0. The maximum atomic E-state index is 6.69. The van der Waals surface area contributed by atoms with Crippen LogP contribution in [-0.4, -0.2) is 32.1 Å². The van der Waals surface area contributed by atoms with Crippen LogP contribution in [0.2, 0.25) is 0 Å². The van der Waals surface area contributed by atoms with E-state index < -0.39 is 0 Å². The SMILES string of the molecule is CN(C)CC[NH]. The number of likely N-dealkylation sites (N-methyl/N-ethyl adjacent to an activating group) is 1. The largest absolute Gasteiger partial charge is 0.308 e. The summed E-state index contributed by atoms with van der Waals surface area (Å²) in [6.07, 6.45) is 0. The van der Waals surface area contributed by atoms with E-state index in [1.165, 1.54) is 0 Å². The van der Waals surface area contributed by atoms with Crippen molar-refractivity contribution in [3.8, 4) is 0 Å². The van der Waals surface area contributed by atoms with Crippen molar-refractivity contribution < 1.29 is 0 Å². The van der Waals surface area contributed by atoms with Crippen LogP contribution in [0.5, 0.6) is 0 Å². The Bertz CT molecular complexity index is 26.7. The Morgan fingerprint density at radius 2 is 2.00 bits per heavy atom. The molecule has 0 bridgehead atoms. The van der Waals surface area contributed by atoms with Crippen LogP contribution in [0.15, 0.2) is 0 Å². The Kier molecular flexibility index (Phi) is 3.08. The summed E-state index contributed by atoms with van der Waals surface area (Å²) in [5.74, 6) is 0. The van der Waals surface area contributed by atoms with Crippen LogP contribution in [0.25, 0.3) is 0 Å². The van der Waals surface area contributed by atoms with Crippen molar-refractivity contribution in [2.24, 2.45) is 0 Å². The molecule has 6 heavy (non-hydrogen) atoms. The predicted molar refractivity (Wildman–Crippen MR) is 26.5 cm³/mol. The molecule has 0 aromatic carbocycles. The van der Waals surface area contributed by atoms with Crippen LogP contribution < -0.4 is 5.73 Å². The molecule has 1 N–H and O–H groups in total. The third-order valence-corrected chi connectivity index (χ3v) is 0.559. The first-order valence-electron chi connectivity index (χ1n) is 2.06. The quantitative estimate of drug-likeness (QED) is 0.459. The van der Waals surface area contributed by atoms with E-state index in [0.717, 1.165) is 6.54 Å². The summed E-state index contributed by atoms with van der Waals surface area (Å²) in [7, 11) is 3.93. The molecule has 0 rings (SSSR count). The van der Waals surface area contributed by atoms with E-state index in [2.05, 4.69) is 0 Å². The highest BCUT2D eigenvalue weighted by Crippen LogP contribution is 1.65. The van der Waals surface area contributed by atoms with E-state index in [1.807, 2.05) is 19.0 Å². The fourth-order valence-corrected chi connectivity index (χ4v) is 0.224. The summed E-state index contributed by atoms with van der Waals surface area (Å²) in [5, 5.41) is 0. The minimum Gasteiger partial charge on any atom is -0.308 e. The topological polar surface area (TPSA) is 27.0 Å². The molecule has 0 atom stereocenters. The van der Waals surface area contributed by atoms with Gasteiger partial charge in [-0.05, 0) is 14.1 Å². The van der Waals surface area contributed by atoms with Gasteiger partial charge < -0.3 is 4.90 Å². The Morgan fingerprint density at radius 3 is 2.00 bits per heavy atom. The normalized spacial score (nSPS) is 10.0. The van der Waals surface area contributed by atoms with Gasteiger partial charge in [0.15, 0.2) is 0 Å². The maximum Gasteiger partial charge on any atom is 0.0227 e. The summed E-state index contributed by atoms with van der Waals surface area (Å²) < 4.78 is 0. The molecule has 0 fully saturated rings. The summed E-state index contributed by atoms with van der Waals surface area (Å²) in [4.78, 5) is 1.99. The standard InChI is InChI=1S/C4H11N2/c1-6(2)4-3-5/h5H,3-4H2,1-2H3. The van der Waals surface area contributed by atoms with Crippen LogP contribution >= 0.6 is 0 Å². The van der Waals surface area contributed by atoms with Gasteiger partial charge in [-0.3, -0.25) is 5.73 Å². The van der Waals surface area contributed by atoms with E-state index in [4.69, 9.17) is 5.73 Å². The monoisotopic (exact) mass is 87.1 g/mol. The molecule has 0 aromatic heterocycles. The predicted octanol–water partition coefficient (Wildman–Crippen LogP) is -0.169. The molecule has 1 radical (unpaired) electrons. The molecular weight excluding hydrogens is 76.1 g/mol. The zero-order valence-corrected chi connectivity index (χ0v) is 4.36. The first-order chi connectivity index (χ1) is 2.77. The fraction of sp³-hybridized carbons (Fsp3) is 1.00. The third-order valence-electron chi connectivity index (χ3n) is 0.559. The van der Waals surface area contributed by atoms with Crippen LogP contribution in [0, 0.1) is 0 Å². The van der Waals surface area contributed by atoms with Crippen molar-refractivity contribution in [1.29, 1.82) is 0 Å². The number of nitrogens with zero attached hydrogens (tertiary/aromatic N) is 1. The molecule has 37 valence electrons. The van der Waals surface area contributed by atoms with E-state index in [9.17, 15) is 0 Å². The summed E-state index contributed by atoms with van der Waals surface area (Å²) in [5.41, 5.74) is 6.69. The average Bonchev–Trinajstić information content (AvgIpc) is 1.35. The van der Waals surface area contributed by atoms with Gasteiger partial charge in [-0.1, -0.05) is 0 Å². The van der Waals surface area contributed by atoms with Crippen LogP contribution in [0.4, 0.5) is 0 Å². The highest BCUT2D eigenvalue weighted by atomic mass is 15.1. The highest BCUT2D eigenvalue weighted by molar-refractivity contribution is 4.38. The second-order valence-corrected chi connectivity index (χ2v) is 1.55. The van der Waals surface area contributed by atoms with Crippen LogP contribution in [0.3, 0.4) is 0 Å². The molecule has 0 aliphatic heterocycles. The molecule has 0 saturated heterocycles. The van der Waals surface area contributed by atoms with Gasteiger partial charge in [-0.2, -0.15) is 0 Å². The van der Waals surface area contributed by atoms with Gasteiger partial charge in [0.05, 0.1) is 0 Å². The molecule has 0 aromatic rings. The van der Waals surface area contributed by atoms with Gasteiger partial charge in [-0.15, -0.1) is 0 Å². The van der Waals surface area contributed by atoms with Gasteiger partial charge in [0, 0.05) is 13.1 Å². The van der Waals surface area contributed by atoms with Crippen molar-refractivity contribution >= 4 is 0 Å². The van der Waals surface area contributed by atoms with Crippen molar-refractivity contribution in [3.63, 3.8) is 0 Å². The molecular formula is C4H11N2. The summed E-state index contributed by atoms with van der Waals surface area (Å²) in [6.45, 7) is 1.38. The smallest absolute Gasteiger partial charge is 0.0227 e.